The van der Waals surface area contributed by atoms with Crippen LogP contribution in [0.5, 0.6) is 0 Å². The Bertz CT molecular complexity index is 663. The van der Waals surface area contributed by atoms with Gasteiger partial charge in [0.1, 0.15) is 5.82 Å². The Kier molecular flexibility index (Phi) is 2.75. The topological polar surface area (TPSA) is 44.9 Å². The zero-order valence-electron chi connectivity index (χ0n) is 11.2. The fourth-order valence-electron chi connectivity index (χ4n) is 2.73. The average Bonchev–Trinajstić information content (AvgIpc) is 2.84. The van der Waals surface area contributed by atoms with E-state index in [0.29, 0.717) is 5.56 Å². The zero-order chi connectivity index (χ0) is 13.4. The first-order chi connectivity index (χ1) is 9.20. The molecule has 1 aromatic heterocycles. The summed E-state index contributed by atoms with van der Waals surface area (Å²) < 4.78 is 2.07. The van der Waals surface area contributed by atoms with Gasteiger partial charge in [0.25, 0.3) is 0 Å². The second kappa shape index (κ2) is 4.43. The van der Waals surface area contributed by atoms with Crippen molar-refractivity contribution in [2.75, 3.05) is 18.5 Å². The molecule has 0 saturated heterocycles. The number of anilines is 1. The summed E-state index contributed by atoms with van der Waals surface area (Å²) in [5, 5.41) is 13.4. The maximum absolute atomic E-state index is 8.94. The number of rotatable bonds is 1. The Morgan fingerprint density at radius 1 is 1.26 bits per heavy atom. The Hall–Kier alpha value is -2.28. The van der Waals surface area contributed by atoms with E-state index < -0.39 is 0 Å². The summed E-state index contributed by atoms with van der Waals surface area (Å²) in [4.78, 5) is 2.25. The van der Waals surface area contributed by atoms with Gasteiger partial charge in [0.05, 0.1) is 17.8 Å². The molecule has 3 rings (SSSR count). The van der Waals surface area contributed by atoms with Crippen LogP contribution in [-0.4, -0.2) is 23.4 Å². The second-order valence-corrected chi connectivity index (χ2v) is 5.02. The number of fused-ring (bicyclic) bond motifs is 1. The molecule has 0 bridgehead atoms. The molecule has 0 spiro atoms. The molecule has 0 fully saturated rings. The fraction of sp³-hybridized carbons (Fsp3) is 0.333. The van der Waals surface area contributed by atoms with E-state index in [-0.39, 0.29) is 0 Å². The van der Waals surface area contributed by atoms with Crippen molar-refractivity contribution in [2.24, 2.45) is 0 Å². The van der Waals surface area contributed by atoms with Crippen molar-refractivity contribution in [1.29, 1.82) is 5.26 Å². The molecule has 2 aromatic rings. The summed E-state index contributed by atoms with van der Waals surface area (Å²) in [5.41, 5.74) is 4.14. The highest BCUT2D eigenvalue weighted by Crippen LogP contribution is 2.34. The van der Waals surface area contributed by atoms with Crippen molar-refractivity contribution in [3.05, 3.63) is 35.5 Å². The minimum Gasteiger partial charge on any atom is -0.359 e. The SMILES string of the molecule is Cc1cc(C#N)ccc1-c1cnn2c1N(C)CCC2. The zero-order valence-corrected chi connectivity index (χ0v) is 11.2. The molecule has 0 N–H and O–H groups in total. The lowest BCUT2D eigenvalue weighted by Gasteiger charge is -2.27. The molecule has 1 aromatic carbocycles. The van der Waals surface area contributed by atoms with Crippen molar-refractivity contribution in [2.45, 2.75) is 19.9 Å². The van der Waals surface area contributed by atoms with E-state index in [4.69, 9.17) is 5.26 Å². The second-order valence-electron chi connectivity index (χ2n) is 5.02. The smallest absolute Gasteiger partial charge is 0.134 e. The van der Waals surface area contributed by atoms with Gasteiger partial charge in [-0.1, -0.05) is 6.07 Å². The number of aromatic nitrogens is 2. The highest BCUT2D eigenvalue weighted by atomic mass is 15.4. The van der Waals surface area contributed by atoms with Gasteiger partial charge in [-0.05, 0) is 36.6 Å². The van der Waals surface area contributed by atoms with Crippen LogP contribution in [0, 0.1) is 18.3 Å². The van der Waals surface area contributed by atoms with Crippen molar-refractivity contribution in [1.82, 2.24) is 9.78 Å². The van der Waals surface area contributed by atoms with Crippen LogP contribution in [0.2, 0.25) is 0 Å². The number of aryl methyl sites for hydroxylation is 2. The molecule has 2 heterocycles. The third-order valence-corrected chi connectivity index (χ3v) is 3.68. The third kappa shape index (κ3) is 1.88. The average molecular weight is 252 g/mol. The quantitative estimate of drug-likeness (QED) is 0.783. The lowest BCUT2D eigenvalue weighted by molar-refractivity contribution is 0.533. The van der Waals surface area contributed by atoms with Gasteiger partial charge in [0.2, 0.25) is 0 Å². The first kappa shape index (κ1) is 11.8. The summed E-state index contributed by atoms with van der Waals surface area (Å²) >= 11 is 0. The minimum atomic E-state index is 0.704. The van der Waals surface area contributed by atoms with E-state index in [1.807, 2.05) is 31.3 Å². The van der Waals surface area contributed by atoms with E-state index in [9.17, 15) is 0 Å². The number of benzene rings is 1. The Morgan fingerprint density at radius 3 is 2.84 bits per heavy atom. The number of hydrogen-bond donors (Lipinski definition) is 0. The van der Waals surface area contributed by atoms with E-state index in [1.54, 1.807) is 0 Å². The summed E-state index contributed by atoms with van der Waals surface area (Å²) in [5.74, 6) is 1.18. The van der Waals surface area contributed by atoms with Crippen molar-refractivity contribution in [3.63, 3.8) is 0 Å². The monoisotopic (exact) mass is 252 g/mol. The van der Waals surface area contributed by atoms with Crippen LogP contribution >= 0.6 is 0 Å². The van der Waals surface area contributed by atoms with Gasteiger partial charge in [-0.3, -0.25) is 0 Å². The van der Waals surface area contributed by atoms with Gasteiger partial charge in [-0.15, -0.1) is 0 Å². The normalized spacial score (nSPS) is 14.1. The first-order valence-corrected chi connectivity index (χ1v) is 6.49. The molecular formula is C15H16N4. The van der Waals surface area contributed by atoms with Crippen molar-refractivity contribution >= 4 is 5.82 Å². The number of nitriles is 1. The Morgan fingerprint density at radius 2 is 2.11 bits per heavy atom. The van der Waals surface area contributed by atoms with E-state index in [2.05, 4.69) is 27.8 Å². The summed E-state index contributed by atoms with van der Waals surface area (Å²) in [6.45, 7) is 4.09. The highest BCUT2D eigenvalue weighted by molar-refractivity contribution is 5.78. The van der Waals surface area contributed by atoms with Crippen molar-refractivity contribution in [3.8, 4) is 17.2 Å². The predicted octanol–water partition coefficient (Wildman–Crippen LogP) is 2.57. The van der Waals surface area contributed by atoms with Crippen LogP contribution in [0.4, 0.5) is 5.82 Å². The lowest BCUT2D eigenvalue weighted by atomic mass is 10.00. The molecule has 1 aliphatic heterocycles. The molecule has 0 aliphatic carbocycles. The molecule has 0 saturated carbocycles. The molecule has 0 unspecified atom stereocenters. The van der Waals surface area contributed by atoms with Gasteiger partial charge < -0.3 is 4.90 Å². The van der Waals surface area contributed by atoms with Crippen LogP contribution < -0.4 is 4.90 Å². The van der Waals surface area contributed by atoms with Crippen LogP contribution in [0.1, 0.15) is 17.5 Å². The summed E-state index contributed by atoms with van der Waals surface area (Å²) in [7, 11) is 2.11. The molecule has 0 atom stereocenters. The van der Waals surface area contributed by atoms with Gasteiger partial charge in [0.15, 0.2) is 0 Å². The van der Waals surface area contributed by atoms with Crippen LogP contribution in [0.3, 0.4) is 0 Å². The molecule has 4 nitrogen and oxygen atoms in total. The Labute approximate surface area is 112 Å². The molecule has 1 aliphatic rings. The van der Waals surface area contributed by atoms with Gasteiger partial charge in [-0.25, -0.2) is 4.68 Å². The van der Waals surface area contributed by atoms with E-state index in [1.165, 1.54) is 5.82 Å². The maximum Gasteiger partial charge on any atom is 0.134 e. The summed E-state index contributed by atoms with van der Waals surface area (Å²) in [6, 6.07) is 8.01. The highest BCUT2D eigenvalue weighted by Gasteiger charge is 2.20. The number of nitrogens with zero attached hydrogens (tertiary/aromatic N) is 4. The Balaban J connectivity index is 2.13. The lowest BCUT2D eigenvalue weighted by Crippen LogP contribution is -2.28. The third-order valence-electron chi connectivity index (χ3n) is 3.68. The summed E-state index contributed by atoms with van der Waals surface area (Å²) in [6.07, 6.45) is 3.07. The van der Waals surface area contributed by atoms with Crippen LogP contribution in [0.15, 0.2) is 24.4 Å². The maximum atomic E-state index is 8.94. The predicted molar refractivity (Wildman–Crippen MR) is 75.0 cm³/mol. The van der Waals surface area contributed by atoms with E-state index in [0.717, 1.165) is 36.2 Å². The fourth-order valence-corrected chi connectivity index (χ4v) is 2.73. The van der Waals surface area contributed by atoms with E-state index >= 15 is 0 Å². The van der Waals surface area contributed by atoms with Gasteiger partial charge >= 0.3 is 0 Å². The largest absolute Gasteiger partial charge is 0.359 e. The molecule has 96 valence electrons. The van der Waals surface area contributed by atoms with Crippen LogP contribution in [-0.2, 0) is 6.54 Å². The molecular weight excluding hydrogens is 236 g/mol. The van der Waals surface area contributed by atoms with Gasteiger partial charge in [0, 0.05) is 25.7 Å². The van der Waals surface area contributed by atoms with Gasteiger partial charge in [-0.2, -0.15) is 10.4 Å². The van der Waals surface area contributed by atoms with Crippen LogP contribution in [0.25, 0.3) is 11.1 Å². The standard InChI is InChI=1S/C15H16N4/c1-11-8-12(9-16)4-5-13(11)14-10-17-19-7-3-6-18(2)15(14)19/h4-5,8,10H,3,6-7H2,1-2H3. The minimum absolute atomic E-state index is 0.704. The molecule has 0 radical (unpaired) electrons. The molecule has 19 heavy (non-hydrogen) atoms. The molecule has 4 heteroatoms. The number of hydrogen-bond acceptors (Lipinski definition) is 3. The molecule has 0 amide bonds. The van der Waals surface area contributed by atoms with Crippen molar-refractivity contribution < 1.29 is 0 Å². The first-order valence-electron chi connectivity index (χ1n) is 6.49.